The van der Waals surface area contributed by atoms with Crippen LogP contribution in [0.25, 0.3) is 0 Å². The second kappa shape index (κ2) is 9.13. The maximum atomic E-state index is 11.8. The Morgan fingerprint density at radius 3 is 2.79 bits per heavy atom. The number of carbonyl (C=O) groups is 1. The highest BCUT2D eigenvalue weighted by Crippen LogP contribution is 2.16. The highest BCUT2D eigenvalue weighted by Gasteiger charge is 2.11. The van der Waals surface area contributed by atoms with Gasteiger partial charge in [0.05, 0.1) is 5.02 Å². The minimum absolute atomic E-state index is 0.154. The van der Waals surface area contributed by atoms with Crippen molar-refractivity contribution in [2.75, 3.05) is 19.8 Å². The Hall–Kier alpha value is -0.840. The van der Waals surface area contributed by atoms with Gasteiger partial charge in [0, 0.05) is 19.8 Å². The van der Waals surface area contributed by atoms with Crippen molar-refractivity contribution in [2.24, 2.45) is 0 Å². The third-order valence-electron chi connectivity index (χ3n) is 2.42. The summed E-state index contributed by atoms with van der Waals surface area (Å²) in [6.07, 6.45) is 2.94. The maximum Gasteiger partial charge on any atom is 0.271 e. The van der Waals surface area contributed by atoms with Crippen LogP contribution in [0.4, 0.5) is 0 Å². The van der Waals surface area contributed by atoms with E-state index in [1.165, 1.54) is 0 Å². The second-order valence-corrected chi connectivity index (χ2v) is 4.83. The van der Waals surface area contributed by atoms with Gasteiger partial charge in [0.1, 0.15) is 10.8 Å². The minimum Gasteiger partial charge on any atom is -0.381 e. The predicted molar refractivity (Wildman–Crippen MR) is 76.9 cm³/mol. The van der Waals surface area contributed by atoms with E-state index in [0.29, 0.717) is 18.2 Å². The molecule has 1 aromatic rings. The average Bonchev–Trinajstić information content (AvgIpc) is 2.40. The lowest BCUT2D eigenvalue weighted by molar-refractivity contribution is 0.0936. The van der Waals surface area contributed by atoms with Crippen LogP contribution >= 0.6 is 23.2 Å². The van der Waals surface area contributed by atoms with Gasteiger partial charge in [0.25, 0.3) is 5.91 Å². The molecular formula is C13H18Cl2N2O2. The highest BCUT2D eigenvalue weighted by atomic mass is 35.5. The van der Waals surface area contributed by atoms with Crippen LogP contribution in [0, 0.1) is 0 Å². The van der Waals surface area contributed by atoms with Crippen molar-refractivity contribution in [3.63, 3.8) is 0 Å². The number of aromatic nitrogens is 1. The van der Waals surface area contributed by atoms with E-state index in [1.54, 1.807) is 12.1 Å². The first-order valence-corrected chi connectivity index (χ1v) is 7.08. The Balaban J connectivity index is 2.26. The second-order valence-electron chi connectivity index (χ2n) is 4.04. The number of nitrogens with one attached hydrogen (secondary N) is 1. The number of unbranched alkanes of at least 4 members (excludes halogenated alkanes) is 1. The Kier molecular flexibility index (Phi) is 7.79. The van der Waals surface area contributed by atoms with Crippen LogP contribution < -0.4 is 5.32 Å². The summed E-state index contributed by atoms with van der Waals surface area (Å²) in [4.78, 5) is 15.7. The van der Waals surface area contributed by atoms with Gasteiger partial charge >= 0.3 is 0 Å². The third-order valence-corrected chi connectivity index (χ3v) is 2.94. The minimum atomic E-state index is -0.318. The molecular weight excluding hydrogens is 287 g/mol. The molecule has 0 aromatic carbocycles. The van der Waals surface area contributed by atoms with E-state index in [2.05, 4.69) is 17.2 Å². The molecule has 6 heteroatoms. The Labute approximate surface area is 123 Å². The summed E-state index contributed by atoms with van der Waals surface area (Å²) in [6.45, 7) is 4.05. The summed E-state index contributed by atoms with van der Waals surface area (Å²) in [5, 5.41) is 3.27. The van der Waals surface area contributed by atoms with Crippen LogP contribution in [-0.4, -0.2) is 30.6 Å². The van der Waals surface area contributed by atoms with Gasteiger partial charge in [-0.15, -0.1) is 0 Å². The first-order chi connectivity index (χ1) is 9.15. The van der Waals surface area contributed by atoms with E-state index in [9.17, 15) is 4.79 Å². The van der Waals surface area contributed by atoms with Crippen molar-refractivity contribution in [3.8, 4) is 0 Å². The summed E-state index contributed by atoms with van der Waals surface area (Å²) in [7, 11) is 0. The first kappa shape index (κ1) is 16.2. The van der Waals surface area contributed by atoms with Crippen LogP contribution in [0.5, 0.6) is 0 Å². The molecule has 0 fully saturated rings. The molecule has 4 nitrogen and oxygen atoms in total. The van der Waals surface area contributed by atoms with Crippen LogP contribution in [0.15, 0.2) is 12.1 Å². The zero-order chi connectivity index (χ0) is 14.1. The lowest BCUT2D eigenvalue weighted by Gasteiger charge is -2.07. The zero-order valence-electron chi connectivity index (χ0n) is 10.9. The van der Waals surface area contributed by atoms with Gasteiger partial charge in [-0.2, -0.15) is 0 Å². The number of ether oxygens (including phenoxy) is 1. The molecule has 0 saturated carbocycles. The lowest BCUT2D eigenvalue weighted by Crippen LogP contribution is -2.26. The molecule has 0 saturated heterocycles. The van der Waals surface area contributed by atoms with Crippen molar-refractivity contribution in [3.05, 3.63) is 28.0 Å². The van der Waals surface area contributed by atoms with E-state index < -0.39 is 0 Å². The number of pyridine rings is 1. The van der Waals surface area contributed by atoms with Gasteiger partial charge in [-0.1, -0.05) is 36.5 Å². The Morgan fingerprint density at radius 2 is 2.05 bits per heavy atom. The summed E-state index contributed by atoms with van der Waals surface area (Å²) in [5.41, 5.74) is 0.154. The highest BCUT2D eigenvalue weighted by molar-refractivity contribution is 6.34. The maximum absolute atomic E-state index is 11.8. The molecule has 0 unspecified atom stereocenters. The number of carbonyl (C=O) groups excluding carboxylic acids is 1. The van der Waals surface area contributed by atoms with E-state index in [1.807, 2.05) is 0 Å². The number of rotatable bonds is 8. The molecule has 0 radical (unpaired) electrons. The lowest BCUT2D eigenvalue weighted by atomic mass is 10.3. The SMILES string of the molecule is CCCCOCCCNC(=O)c1nc(Cl)ccc1Cl. The molecule has 19 heavy (non-hydrogen) atoms. The van der Waals surface area contributed by atoms with Crippen molar-refractivity contribution in [1.29, 1.82) is 0 Å². The van der Waals surface area contributed by atoms with E-state index >= 15 is 0 Å². The fraction of sp³-hybridized carbons (Fsp3) is 0.538. The molecule has 1 amide bonds. The van der Waals surface area contributed by atoms with Gasteiger partial charge in [-0.05, 0) is 25.0 Å². The van der Waals surface area contributed by atoms with Crippen molar-refractivity contribution in [1.82, 2.24) is 10.3 Å². The molecule has 0 aliphatic rings. The topological polar surface area (TPSA) is 51.2 Å². The number of nitrogens with zero attached hydrogens (tertiary/aromatic N) is 1. The molecule has 0 aliphatic carbocycles. The van der Waals surface area contributed by atoms with Gasteiger partial charge < -0.3 is 10.1 Å². The molecule has 0 atom stereocenters. The first-order valence-electron chi connectivity index (χ1n) is 6.33. The fourth-order valence-electron chi connectivity index (χ4n) is 1.39. The molecule has 1 N–H and O–H groups in total. The molecule has 0 bridgehead atoms. The predicted octanol–water partition coefficient (Wildman–Crippen LogP) is 3.33. The number of hydrogen-bond acceptors (Lipinski definition) is 3. The quantitative estimate of drug-likeness (QED) is 0.592. The molecule has 106 valence electrons. The molecule has 0 spiro atoms. The van der Waals surface area contributed by atoms with Crippen LogP contribution in [0.2, 0.25) is 10.2 Å². The van der Waals surface area contributed by atoms with Crippen molar-refractivity contribution in [2.45, 2.75) is 26.2 Å². The van der Waals surface area contributed by atoms with Crippen molar-refractivity contribution < 1.29 is 9.53 Å². The number of amides is 1. The molecule has 1 heterocycles. The van der Waals surface area contributed by atoms with E-state index in [4.69, 9.17) is 27.9 Å². The summed E-state index contributed by atoms with van der Waals surface area (Å²) in [5.74, 6) is -0.318. The number of halogens is 2. The summed E-state index contributed by atoms with van der Waals surface area (Å²) >= 11 is 11.6. The Bertz CT molecular complexity index is 414. The number of hydrogen-bond donors (Lipinski definition) is 1. The van der Waals surface area contributed by atoms with Gasteiger partial charge in [0.15, 0.2) is 0 Å². The fourth-order valence-corrected chi connectivity index (χ4v) is 1.72. The Morgan fingerprint density at radius 1 is 1.32 bits per heavy atom. The monoisotopic (exact) mass is 304 g/mol. The van der Waals surface area contributed by atoms with Crippen LogP contribution in [-0.2, 0) is 4.74 Å². The average molecular weight is 305 g/mol. The van der Waals surface area contributed by atoms with Gasteiger partial charge in [0.2, 0.25) is 0 Å². The third kappa shape index (κ3) is 6.23. The smallest absolute Gasteiger partial charge is 0.271 e. The molecule has 0 aliphatic heterocycles. The van der Waals surface area contributed by atoms with Crippen LogP contribution in [0.1, 0.15) is 36.7 Å². The zero-order valence-corrected chi connectivity index (χ0v) is 12.4. The largest absolute Gasteiger partial charge is 0.381 e. The van der Waals surface area contributed by atoms with Crippen molar-refractivity contribution >= 4 is 29.1 Å². The van der Waals surface area contributed by atoms with E-state index in [0.717, 1.165) is 25.9 Å². The summed E-state index contributed by atoms with van der Waals surface area (Å²) < 4.78 is 5.39. The van der Waals surface area contributed by atoms with Gasteiger partial charge in [-0.25, -0.2) is 4.98 Å². The van der Waals surface area contributed by atoms with Crippen LogP contribution in [0.3, 0.4) is 0 Å². The summed E-state index contributed by atoms with van der Waals surface area (Å²) in [6, 6.07) is 3.10. The van der Waals surface area contributed by atoms with E-state index in [-0.39, 0.29) is 16.8 Å². The molecule has 1 aromatic heterocycles. The standard InChI is InChI=1S/C13H18Cl2N2O2/c1-2-3-8-19-9-4-7-16-13(18)12-10(14)5-6-11(15)17-12/h5-6H,2-4,7-9H2,1H3,(H,16,18). The molecule has 1 rings (SSSR count). The van der Waals surface area contributed by atoms with Gasteiger partial charge in [-0.3, -0.25) is 4.79 Å². The normalized spacial score (nSPS) is 10.5.